The van der Waals surface area contributed by atoms with Crippen LogP contribution in [0.3, 0.4) is 0 Å². The molecular weight excluding hydrogens is 308 g/mol. The molecule has 23 heavy (non-hydrogen) atoms. The van der Waals surface area contributed by atoms with Gasteiger partial charge in [-0.15, -0.1) is 0 Å². The van der Waals surface area contributed by atoms with Crippen molar-refractivity contribution in [3.8, 4) is 0 Å². The van der Waals surface area contributed by atoms with Crippen LogP contribution < -0.4 is 0 Å². The lowest BCUT2D eigenvalue weighted by Crippen LogP contribution is -2.30. The Labute approximate surface area is 130 Å². The number of likely N-dealkylation sites (tertiary alicyclic amines) is 1. The van der Waals surface area contributed by atoms with E-state index >= 15 is 0 Å². The fourth-order valence-corrected chi connectivity index (χ4v) is 2.65. The van der Waals surface area contributed by atoms with E-state index in [2.05, 4.69) is 15.1 Å². The number of alkyl halides is 2. The highest BCUT2D eigenvalue weighted by molar-refractivity contribution is 5.92. The molecule has 1 saturated heterocycles. The van der Waals surface area contributed by atoms with Gasteiger partial charge in [-0.2, -0.15) is 13.9 Å². The molecule has 2 aromatic heterocycles. The van der Waals surface area contributed by atoms with Crippen LogP contribution in [0.4, 0.5) is 8.78 Å². The molecule has 0 bridgehead atoms. The van der Waals surface area contributed by atoms with Crippen LogP contribution in [-0.2, 0) is 6.42 Å². The van der Waals surface area contributed by atoms with Gasteiger partial charge < -0.3 is 10.0 Å². The van der Waals surface area contributed by atoms with Gasteiger partial charge >= 0.3 is 6.55 Å². The minimum atomic E-state index is -2.79. The topological polar surface area (TPSA) is 84.1 Å². The summed E-state index contributed by atoms with van der Waals surface area (Å²) in [5, 5.41) is 13.7. The van der Waals surface area contributed by atoms with E-state index in [9.17, 15) is 18.7 Å². The predicted molar refractivity (Wildman–Crippen MR) is 74.6 cm³/mol. The van der Waals surface area contributed by atoms with Crippen molar-refractivity contribution < 1.29 is 18.7 Å². The predicted octanol–water partition coefficient (Wildman–Crippen LogP) is 0.744. The quantitative estimate of drug-likeness (QED) is 0.897. The van der Waals surface area contributed by atoms with Crippen molar-refractivity contribution in [2.45, 2.75) is 19.1 Å². The van der Waals surface area contributed by atoms with E-state index in [-0.39, 0.29) is 18.2 Å². The summed E-state index contributed by atoms with van der Waals surface area (Å²) in [6, 6.07) is 1.25. The van der Waals surface area contributed by atoms with Gasteiger partial charge in [0.05, 0.1) is 11.8 Å². The fraction of sp³-hybridized carbons (Fsp3) is 0.429. The van der Waals surface area contributed by atoms with Crippen molar-refractivity contribution >= 4 is 5.91 Å². The normalized spacial score (nSPS) is 21.1. The van der Waals surface area contributed by atoms with Gasteiger partial charge in [-0.05, 0) is 12.5 Å². The van der Waals surface area contributed by atoms with Crippen LogP contribution >= 0.6 is 0 Å². The molecule has 3 heterocycles. The number of hydrogen-bond donors (Lipinski definition) is 1. The van der Waals surface area contributed by atoms with Crippen molar-refractivity contribution in [1.29, 1.82) is 0 Å². The third kappa shape index (κ3) is 3.34. The van der Waals surface area contributed by atoms with Crippen molar-refractivity contribution in [2.24, 2.45) is 5.92 Å². The second-order valence-electron chi connectivity index (χ2n) is 5.40. The Morgan fingerprint density at radius 2 is 2.22 bits per heavy atom. The molecule has 9 heteroatoms. The van der Waals surface area contributed by atoms with Gasteiger partial charge in [0.2, 0.25) is 0 Å². The number of nitrogens with zero attached hydrogens (tertiary/aromatic N) is 5. The molecule has 7 nitrogen and oxygen atoms in total. The van der Waals surface area contributed by atoms with Gasteiger partial charge in [0, 0.05) is 43.8 Å². The van der Waals surface area contributed by atoms with Gasteiger partial charge in [0.25, 0.3) is 5.91 Å². The maximum atomic E-state index is 12.5. The Morgan fingerprint density at radius 3 is 2.87 bits per heavy atom. The molecule has 1 N–H and O–H groups in total. The van der Waals surface area contributed by atoms with E-state index in [4.69, 9.17) is 0 Å². The summed E-state index contributed by atoms with van der Waals surface area (Å²) in [6.45, 7) is -2.33. The van der Waals surface area contributed by atoms with E-state index in [1.165, 1.54) is 11.0 Å². The Kier molecular flexibility index (Phi) is 4.28. The first-order chi connectivity index (χ1) is 11.0. The van der Waals surface area contributed by atoms with E-state index in [1.54, 1.807) is 18.6 Å². The molecule has 122 valence electrons. The van der Waals surface area contributed by atoms with E-state index < -0.39 is 18.6 Å². The second-order valence-corrected chi connectivity index (χ2v) is 5.40. The van der Waals surface area contributed by atoms with Crippen LogP contribution in [0.2, 0.25) is 0 Å². The molecule has 0 saturated carbocycles. The minimum Gasteiger partial charge on any atom is -0.391 e. The van der Waals surface area contributed by atoms with E-state index in [0.29, 0.717) is 17.6 Å². The van der Waals surface area contributed by atoms with Gasteiger partial charge in [-0.3, -0.25) is 14.8 Å². The number of carbonyl (C=O) groups excluding carboxylic acids is 1. The average molecular weight is 323 g/mol. The second kappa shape index (κ2) is 6.37. The maximum absolute atomic E-state index is 12.5. The smallest absolute Gasteiger partial charge is 0.333 e. The molecule has 3 rings (SSSR count). The molecule has 2 aromatic rings. The van der Waals surface area contributed by atoms with Crippen molar-refractivity contribution in [1.82, 2.24) is 24.6 Å². The molecule has 0 spiro atoms. The standard InChI is InChI=1S/C14H15F2N5O2/c15-14(16)21-4-1-11(19-21)13(23)20-7-9(12(22)8-20)5-10-6-17-2-3-18-10/h1-4,6,9,12,14,22H,5,7-8H2/t9-,12-/m1/s1. The van der Waals surface area contributed by atoms with Crippen molar-refractivity contribution in [3.63, 3.8) is 0 Å². The molecule has 1 aliphatic heterocycles. The number of rotatable bonds is 4. The Morgan fingerprint density at radius 1 is 1.39 bits per heavy atom. The first-order valence-corrected chi connectivity index (χ1v) is 7.10. The zero-order chi connectivity index (χ0) is 16.4. The van der Waals surface area contributed by atoms with Gasteiger partial charge in [0.1, 0.15) is 0 Å². The number of carbonyl (C=O) groups is 1. The monoisotopic (exact) mass is 323 g/mol. The highest BCUT2D eigenvalue weighted by atomic mass is 19.3. The summed E-state index contributed by atoms with van der Waals surface area (Å²) < 4.78 is 25.4. The molecule has 1 fully saturated rings. The van der Waals surface area contributed by atoms with Gasteiger partial charge in [-0.25, -0.2) is 4.68 Å². The highest BCUT2D eigenvalue weighted by Gasteiger charge is 2.35. The maximum Gasteiger partial charge on any atom is 0.333 e. The third-order valence-corrected chi connectivity index (χ3v) is 3.81. The number of aromatic nitrogens is 4. The van der Waals surface area contributed by atoms with Crippen molar-refractivity contribution in [3.05, 3.63) is 42.2 Å². The fourth-order valence-electron chi connectivity index (χ4n) is 2.65. The Balaban J connectivity index is 1.66. The average Bonchev–Trinajstić information content (AvgIpc) is 3.16. The number of amides is 1. The lowest BCUT2D eigenvalue weighted by atomic mass is 10.0. The van der Waals surface area contributed by atoms with Crippen molar-refractivity contribution in [2.75, 3.05) is 13.1 Å². The zero-order valence-corrected chi connectivity index (χ0v) is 12.1. The summed E-state index contributed by atoms with van der Waals surface area (Å²) in [6.07, 6.45) is 5.59. The first kappa shape index (κ1) is 15.5. The van der Waals surface area contributed by atoms with Crippen LogP contribution in [0.25, 0.3) is 0 Å². The third-order valence-electron chi connectivity index (χ3n) is 3.81. The molecule has 0 aromatic carbocycles. The molecular formula is C14H15F2N5O2. The van der Waals surface area contributed by atoms with Crippen LogP contribution in [0.1, 0.15) is 22.7 Å². The minimum absolute atomic E-state index is 0.0577. The number of hydrogen-bond acceptors (Lipinski definition) is 5. The molecule has 1 amide bonds. The molecule has 1 aliphatic rings. The lowest BCUT2D eigenvalue weighted by Gasteiger charge is -2.14. The van der Waals surface area contributed by atoms with E-state index in [1.807, 2.05) is 0 Å². The number of aliphatic hydroxyl groups excluding tert-OH is 1. The largest absolute Gasteiger partial charge is 0.391 e. The molecule has 2 atom stereocenters. The zero-order valence-electron chi connectivity index (χ0n) is 12.1. The molecule has 0 radical (unpaired) electrons. The van der Waals surface area contributed by atoms with E-state index in [0.717, 1.165) is 11.9 Å². The highest BCUT2D eigenvalue weighted by Crippen LogP contribution is 2.22. The summed E-state index contributed by atoms with van der Waals surface area (Å²) in [7, 11) is 0. The summed E-state index contributed by atoms with van der Waals surface area (Å²) >= 11 is 0. The number of β-amino-alcohol motifs (C(OH)–C–C–N with tert-alkyl or cyclic N) is 1. The van der Waals surface area contributed by atoms with Gasteiger partial charge in [-0.1, -0.05) is 0 Å². The first-order valence-electron chi connectivity index (χ1n) is 7.10. The van der Waals surface area contributed by atoms with Gasteiger partial charge in [0.15, 0.2) is 5.69 Å². The van der Waals surface area contributed by atoms with Crippen LogP contribution in [-0.4, -0.2) is 54.9 Å². The Hall–Kier alpha value is -2.42. The van der Waals surface area contributed by atoms with Crippen LogP contribution in [0.5, 0.6) is 0 Å². The molecule has 0 unspecified atom stereocenters. The summed E-state index contributed by atoms with van der Waals surface area (Å²) in [5.41, 5.74) is 0.672. The van der Waals surface area contributed by atoms with Crippen LogP contribution in [0, 0.1) is 5.92 Å². The summed E-state index contributed by atoms with van der Waals surface area (Å²) in [4.78, 5) is 21.8. The Bertz CT molecular complexity index is 679. The van der Waals surface area contributed by atoms with Crippen LogP contribution in [0.15, 0.2) is 30.9 Å². The number of aliphatic hydroxyl groups is 1. The SMILES string of the molecule is O=C(c1ccn(C(F)F)n1)N1C[C@@H](Cc2cnccn2)[C@H](O)C1. The lowest BCUT2D eigenvalue weighted by molar-refractivity contribution is 0.0552. The number of halogens is 2. The summed E-state index contributed by atoms with van der Waals surface area (Å²) in [5.74, 6) is -0.641. The molecule has 0 aliphatic carbocycles.